The molecular formula is C12H10ClFN4O. The van der Waals surface area contributed by atoms with Gasteiger partial charge in [0.25, 0.3) is 0 Å². The standard InChI is InChI=1S/C12H10ClFN4O/c1-18-16-12(15-17-18)8-19-11-7-9(3-2-6-13)4-5-10(11)14/h4-5,7H,6,8H2,1H3. The Bertz CT molecular complexity index is 632. The van der Waals surface area contributed by atoms with Crippen LogP contribution in [0.15, 0.2) is 18.2 Å². The van der Waals surface area contributed by atoms with Crippen molar-refractivity contribution in [3.8, 4) is 17.6 Å². The van der Waals surface area contributed by atoms with Crippen LogP contribution in [0.3, 0.4) is 0 Å². The van der Waals surface area contributed by atoms with Gasteiger partial charge in [0.2, 0.25) is 5.82 Å². The van der Waals surface area contributed by atoms with Gasteiger partial charge in [-0.15, -0.1) is 21.8 Å². The van der Waals surface area contributed by atoms with Crippen molar-refractivity contribution in [2.75, 3.05) is 5.88 Å². The monoisotopic (exact) mass is 280 g/mol. The first kappa shape index (κ1) is 13.3. The molecule has 1 heterocycles. The molecule has 2 aromatic rings. The number of benzene rings is 1. The largest absolute Gasteiger partial charge is 0.482 e. The Balaban J connectivity index is 2.10. The van der Waals surface area contributed by atoms with Crippen LogP contribution in [0.1, 0.15) is 11.4 Å². The van der Waals surface area contributed by atoms with Gasteiger partial charge in [0.1, 0.15) is 0 Å². The average molecular weight is 281 g/mol. The second-order valence-corrected chi connectivity index (χ2v) is 3.83. The van der Waals surface area contributed by atoms with Gasteiger partial charge in [0, 0.05) is 5.56 Å². The van der Waals surface area contributed by atoms with Gasteiger partial charge in [0.15, 0.2) is 18.2 Å². The molecule has 0 unspecified atom stereocenters. The number of nitrogens with zero attached hydrogens (tertiary/aromatic N) is 4. The summed E-state index contributed by atoms with van der Waals surface area (Å²) in [6, 6.07) is 4.35. The van der Waals surface area contributed by atoms with Crippen molar-refractivity contribution in [1.29, 1.82) is 0 Å². The van der Waals surface area contributed by atoms with Gasteiger partial charge in [-0.3, -0.25) is 0 Å². The highest BCUT2D eigenvalue weighted by Gasteiger charge is 2.07. The predicted molar refractivity (Wildman–Crippen MR) is 67.1 cm³/mol. The summed E-state index contributed by atoms with van der Waals surface area (Å²) in [4.78, 5) is 1.30. The molecule has 19 heavy (non-hydrogen) atoms. The van der Waals surface area contributed by atoms with E-state index in [2.05, 4.69) is 27.3 Å². The van der Waals surface area contributed by atoms with Crippen molar-refractivity contribution in [3.05, 3.63) is 35.4 Å². The number of aromatic nitrogens is 4. The maximum Gasteiger partial charge on any atom is 0.212 e. The fourth-order valence-electron chi connectivity index (χ4n) is 1.35. The lowest BCUT2D eigenvalue weighted by Gasteiger charge is -2.05. The molecule has 1 aromatic heterocycles. The fourth-order valence-corrected chi connectivity index (χ4v) is 1.42. The minimum absolute atomic E-state index is 0.0388. The van der Waals surface area contributed by atoms with Gasteiger partial charge in [-0.1, -0.05) is 11.8 Å². The molecule has 98 valence electrons. The fraction of sp³-hybridized carbons (Fsp3) is 0.250. The van der Waals surface area contributed by atoms with Crippen LogP contribution in [0, 0.1) is 17.7 Å². The Hall–Kier alpha value is -2.13. The van der Waals surface area contributed by atoms with Gasteiger partial charge in [-0.25, -0.2) is 4.39 Å². The van der Waals surface area contributed by atoms with Gasteiger partial charge in [-0.05, 0) is 23.4 Å². The van der Waals surface area contributed by atoms with Crippen LogP contribution in [0.5, 0.6) is 5.75 Å². The lowest BCUT2D eigenvalue weighted by Crippen LogP contribution is -2.01. The van der Waals surface area contributed by atoms with Crippen LogP contribution in [-0.2, 0) is 13.7 Å². The molecule has 0 saturated heterocycles. The number of alkyl halides is 1. The molecule has 7 heteroatoms. The van der Waals surface area contributed by atoms with E-state index in [1.165, 1.54) is 16.9 Å². The van der Waals surface area contributed by atoms with Crippen molar-refractivity contribution >= 4 is 11.6 Å². The quantitative estimate of drug-likeness (QED) is 0.632. The van der Waals surface area contributed by atoms with E-state index in [1.807, 2.05) is 0 Å². The highest BCUT2D eigenvalue weighted by Crippen LogP contribution is 2.19. The van der Waals surface area contributed by atoms with Crippen LogP contribution < -0.4 is 4.74 Å². The first-order valence-electron chi connectivity index (χ1n) is 5.39. The van der Waals surface area contributed by atoms with Crippen molar-refractivity contribution in [2.24, 2.45) is 7.05 Å². The zero-order chi connectivity index (χ0) is 13.7. The summed E-state index contributed by atoms with van der Waals surface area (Å²) >= 11 is 5.46. The van der Waals surface area contributed by atoms with Crippen molar-refractivity contribution < 1.29 is 9.13 Å². The summed E-state index contributed by atoms with van der Waals surface area (Å²) in [5.41, 5.74) is 0.629. The molecule has 0 bridgehead atoms. The van der Waals surface area contributed by atoms with Crippen LogP contribution in [-0.4, -0.2) is 26.1 Å². The normalized spacial score (nSPS) is 9.84. The number of aryl methyl sites for hydroxylation is 1. The molecule has 0 aliphatic rings. The molecule has 0 amide bonds. The van der Waals surface area contributed by atoms with Crippen LogP contribution in [0.25, 0.3) is 0 Å². The van der Waals surface area contributed by atoms with E-state index in [1.54, 1.807) is 13.1 Å². The molecule has 0 aliphatic carbocycles. The van der Waals surface area contributed by atoms with E-state index in [0.29, 0.717) is 11.4 Å². The summed E-state index contributed by atoms with van der Waals surface area (Å²) in [6.07, 6.45) is 0. The number of halogens is 2. The summed E-state index contributed by atoms with van der Waals surface area (Å²) in [5, 5.41) is 11.3. The zero-order valence-electron chi connectivity index (χ0n) is 10.1. The Labute approximate surface area is 114 Å². The molecule has 0 saturated carbocycles. The summed E-state index contributed by atoms with van der Waals surface area (Å²) in [5.74, 6) is 5.69. The average Bonchev–Trinajstić information content (AvgIpc) is 2.82. The molecule has 2 rings (SSSR count). The van der Waals surface area contributed by atoms with Gasteiger partial charge < -0.3 is 4.74 Å². The van der Waals surface area contributed by atoms with E-state index < -0.39 is 5.82 Å². The predicted octanol–water partition coefficient (Wildman–Crippen LogP) is 1.52. The van der Waals surface area contributed by atoms with E-state index in [9.17, 15) is 4.39 Å². The molecule has 0 radical (unpaired) electrons. The molecule has 5 nitrogen and oxygen atoms in total. The Morgan fingerprint density at radius 1 is 1.47 bits per heavy atom. The van der Waals surface area contributed by atoms with Gasteiger partial charge >= 0.3 is 0 Å². The molecule has 0 atom stereocenters. The second kappa shape index (κ2) is 6.16. The lowest BCUT2D eigenvalue weighted by atomic mass is 10.2. The summed E-state index contributed by atoms with van der Waals surface area (Å²) < 4.78 is 18.8. The minimum atomic E-state index is -0.472. The highest BCUT2D eigenvalue weighted by molar-refractivity contribution is 6.19. The van der Waals surface area contributed by atoms with Gasteiger partial charge in [0.05, 0.1) is 12.9 Å². The Kier molecular flexibility index (Phi) is 4.31. The van der Waals surface area contributed by atoms with Crippen molar-refractivity contribution in [3.63, 3.8) is 0 Å². The highest BCUT2D eigenvalue weighted by atomic mass is 35.5. The van der Waals surface area contributed by atoms with Crippen LogP contribution in [0.2, 0.25) is 0 Å². The Morgan fingerprint density at radius 2 is 2.32 bits per heavy atom. The molecule has 0 spiro atoms. The SMILES string of the molecule is Cn1nnc(COc2cc(C#CCCl)ccc2F)n1. The first-order chi connectivity index (χ1) is 9.19. The third-order valence-corrected chi connectivity index (χ3v) is 2.27. The van der Waals surface area contributed by atoms with E-state index in [-0.39, 0.29) is 18.2 Å². The molecular weight excluding hydrogens is 271 g/mol. The number of tetrazole rings is 1. The molecule has 0 fully saturated rings. The smallest absolute Gasteiger partial charge is 0.212 e. The van der Waals surface area contributed by atoms with Crippen molar-refractivity contribution in [2.45, 2.75) is 6.61 Å². The third kappa shape index (κ3) is 3.66. The second-order valence-electron chi connectivity index (χ2n) is 3.56. The first-order valence-corrected chi connectivity index (χ1v) is 5.92. The number of ether oxygens (including phenoxy) is 1. The maximum atomic E-state index is 13.5. The number of hydrogen-bond donors (Lipinski definition) is 0. The van der Waals surface area contributed by atoms with Gasteiger partial charge in [-0.2, -0.15) is 4.80 Å². The van der Waals surface area contributed by atoms with E-state index >= 15 is 0 Å². The van der Waals surface area contributed by atoms with Crippen LogP contribution >= 0.6 is 11.6 Å². The van der Waals surface area contributed by atoms with E-state index in [0.717, 1.165) is 0 Å². The number of rotatable bonds is 3. The topological polar surface area (TPSA) is 52.8 Å². The van der Waals surface area contributed by atoms with E-state index in [4.69, 9.17) is 16.3 Å². The summed E-state index contributed by atoms with van der Waals surface area (Å²) in [7, 11) is 1.64. The Morgan fingerprint density at radius 3 is 3.00 bits per heavy atom. The molecule has 1 aromatic carbocycles. The molecule has 0 N–H and O–H groups in total. The van der Waals surface area contributed by atoms with Crippen LogP contribution in [0.4, 0.5) is 4.39 Å². The minimum Gasteiger partial charge on any atom is -0.482 e. The third-order valence-electron chi connectivity index (χ3n) is 2.14. The lowest BCUT2D eigenvalue weighted by molar-refractivity contribution is 0.280. The maximum absolute atomic E-state index is 13.5. The number of hydrogen-bond acceptors (Lipinski definition) is 4. The molecule has 0 aliphatic heterocycles. The summed E-state index contributed by atoms with van der Waals surface area (Å²) in [6.45, 7) is 0.0388. The van der Waals surface area contributed by atoms with Crippen molar-refractivity contribution in [1.82, 2.24) is 20.2 Å². The zero-order valence-corrected chi connectivity index (χ0v) is 10.9.